The Hall–Kier alpha value is -1.55. The van der Waals surface area contributed by atoms with E-state index in [0.717, 1.165) is 25.0 Å². The molecule has 0 bridgehead atoms. The second-order valence-corrected chi connectivity index (χ2v) is 4.81. The van der Waals surface area contributed by atoms with Gasteiger partial charge in [0.1, 0.15) is 5.75 Å². The number of carbonyl (C=O) groups excluding carboxylic acids is 1. The van der Waals surface area contributed by atoms with E-state index in [0.29, 0.717) is 26.2 Å². The minimum Gasteiger partial charge on any atom is -0.494 e. The van der Waals surface area contributed by atoms with E-state index in [-0.39, 0.29) is 5.91 Å². The van der Waals surface area contributed by atoms with E-state index >= 15 is 0 Å². The number of methoxy groups -OCH3 is 1. The van der Waals surface area contributed by atoms with Gasteiger partial charge in [0.25, 0.3) is 0 Å². The minimum absolute atomic E-state index is 0.0986. The van der Waals surface area contributed by atoms with Crippen molar-refractivity contribution in [3.05, 3.63) is 29.8 Å². The van der Waals surface area contributed by atoms with Crippen LogP contribution >= 0.6 is 0 Å². The number of benzene rings is 1. The zero-order chi connectivity index (χ0) is 14.6. The molecule has 4 heteroatoms. The summed E-state index contributed by atoms with van der Waals surface area (Å²) in [4.78, 5) is 11.4. The molecule has 20 heavy (non-hydrogen) atoms. The van der Waals surface area contributed by atoms with Gasteiger partial charge in [-0.25, -0.2) is 0 Å². The molecule has 0 aliphatic heterocycles. The van der Waals surface area contributed by atoms with Crippen LogP contribution in [0.25, 0.3) is 0 Å². The minimum atomic E-state index is 0.0986. The molecule has 1 amide bonds. The predicted molar refractivity (Wildman–Crippen MR) is 80.0 cm³/mol. The molecule has 1 rings (SSSR count). The van der Waals surface area contributed by atoms with Crippen molar-refractivity contribution in [1.82, 2.24) is 5.32 Å². The van der Waals surface area contributed by atoms with Crippen LogP contribution in [0.2, 0.25) is 0 Å². The lowest BCUT2D eigenvalue weighted by Gasteiger charge is -2.07. The number of unbranched alkanes of at least 4 members (excludes halogenated alkanes) is 1. The smallest absolute Gasteiger partial charge is 0.220 e. The van der Waals surface area contributed by atoms with Gasteiger partial charge >= 0.3 is 0 Å². The number of hydrogen-bond acceptors (Lipinski definition) is 3. The molecule has 0 aliphatic rings. The summed E-state index contributed by atoms with van der Waals surface area (Å²) in [7, 11) is 1.64. The largest absolute Gasteiger partial charge is 0.494 e. The number of aryl methyl sites for hydroxylation is 1. The molecule has 0 saturated heterocycles. The van der Waals surface area contributed by atoms with Gasteiger partial charge in [0.05, 0.1) is 6.61 Å². The fraction of sp³-hybridized carbons (Fsp3) is 0.562. The standard InChI is InChI=1S/C16H25NO3/c1-14-7-9-15(10-8-14)20-13-4-3-11-17-16(18)6-5-12-19-2/h7-10H,3-6,11-13H2,1-2H3,(H,17,18). The second kappa shape index (κ2) is 10.3. The molecule has 0 atom stereocenters. The van der Waals surface area contributed by atoms with Crippen LogP contribution in [0.4, 0.5) is 0 Å². The van der Waals surface area contributed by atoms with Crippen molar-refractivity contribution in [3.63, 3.8) is 0 Å². The maximum atomic E-state index is 11.4. The van der Waals surface area contributed by atoms with Gasteiger partial charge in [-0.15, -0.1) is 0 Å². The molecule has 0 aromatic heterocycles. The molecule has 0 aliphatic carbocycles. The number of carbonyl (C=O) groups is 1. The molecule has 0 unspecified atom stereocenters. The highest BCUT2D eigenvalue weighted by molar-refractivity contribution is 5.75. The maximum Gasteiger partial charge on any atom is 0.220 e. The lowest BCUT2D eigenvalue weighted by molar-refractivity contribution is -0.121. The summed E-state index contributed by atoms with van der Waals surface area (Å²) in [5, 5.41) is 2.90. The fourth-order valence-electron chi connectivity index (χ4n) is 1.74. The first kappa shape index (κ1) is 16.5. The monoisotopic (exact) mass is 279 g/mol. The third-order valence-corrected chi connectivity index (χ3v) is 2.94. The van der Waals surface area contributed by atoms with Gasteiger partial charge in [0.15, 0.2) is 0 Å². The van der Waals surface area contributed by atoms with E-state index in [1.807, 2.05) is 24.3 Å². The summed E-state index contributed by atoms with van der Waals surface area (Å²) >= 11 is 0. The first-order chi connectivity index (χ1) is 9.72. The van der Waals surface area contributed by atoms with Gasteiger partial charge in [0, 0.05) is 26.7 Å². The zero-order valence-corrected chi connectivity index (χ0v) is 12.5. The van der Waals surface area contributed by atoms with E-state index in [4.69, 9.17) is 9.47 Å². The summed E-state index contributed by atoms with van der Waals surface area (Å²) in [5.41, 5.74) is 1.23. The first-order valence-electron chi connectivity index (χ1n) is 7.17. The Morgan fingerprint density at radius 2 is 1.85 bits per heavy atom. The highest BCUT2D eigenvalue weighted by Gasteiger charge is 2.00. The highest BCUT2D eigenvalue weighted by atomic mass is 16.5. The molecule has 1 N–H and O–H groups in total. The number of ether oxygens (including phenoxy) is 2. The molecular weight excluding hydrogens is 254 g/mol. The van der Waals surface area contributed by atoms with Crippen molar-refractivity contribution in [2.24, 2.45) is 0 Å². The average molecular weight is 279 g/mol. The third kappa shape index (κ3) is 7.79. The van der Waals surface area contributed by atoms with Crippen LogP contribution < -0.4 is 10.1 Å². The topological polar surface area (TPSA) is 47.6 Å². The Labute approximate surface area is 121 Å². The van der Waals surface area contributed by atoms with Gasteiger partial charge in [-0.2, -0.15) is 0 Å². The summed E-state index contributed by atoms with van der Waals surface area (Å²) < 4.78 is 10.5. The molecule has 4 nitrogen and oxygen atoms in total. The molecule has 0 heterocycles. The number of amides is 1. The molecule has 112 valence electrons. The molecule has 0 radical (unpaired) electrons. The van der Waals surface area contributed by atoms with E-state index in [1.54, 1.807) is 7.11 Å². The van der Waals surface area contributed by atoms with Crippen molar-refractivity contribution >= 4 is 5.91 Å². The molecule has 1 aromatic rings. The van der Waals surface area contributed by atoms with Crippen LogP contribution in [0.3, 0.4) is 0 Å². The van der Waals surface area contributed by atoms with Gasteiger partial charge < -0.3 is 14.8 Å². The van der Waals surface area contributed by atoms with Crippen LogP contribution in [-0.2, 0) is 9.53 Å². The Balaban J connectivity index is 1.97. The van der Waals surface area contributed by atoms with Gasteiger partial charge in [-0.3, -0.25) is 4.79 Å². The van der Waals surface area contributed by atoms with Crippen LogP contribution in [0, 0.1) is 6.92 Å². The molecule has 0 fully saturated rings. The summed E-state index contributed by atoms with van der Waals surface area (Å²) in [6.45, 7) is 4.09. The van der Waals surface area contributed by atoms with Crippen molar-refractivity contribution < 1.29 is 14.3 Å². The quantitative estimate of drug-likeness (QED) is 0.670. The van der Waals surface area contributed by atoms with Crippen molar-refractivity contribution in [2.45, 2.75) is 32.6 Å². The first-order valence-corrected chi connectivity index (χ1v) is 7.17. The number of rotatable bonds is 10. The number of hydrogen-bond donors (Lipinski definition) is 1. The molecule has 0 saturated carbocycles. The Kier molecular flexibility index (Phi) is 8.47. The van der Waals surface area contributed by atoms with Gasteiger partial charge in [-0.1, -0.05) is 17.7 Å². The fourth-order valence-corrected chi connectivity index (χ4v) is 1.74. The lowest BCUT2D eigenvalue weighted by atomic mass is 10.2. The Bertz CT molecular complexity index is 376. The van der Waals surface area contributed by atoms with E-state index < -0.39 is 0 Å². The van der Waals surface area contributed by atoms with Crippen molar-refractivity contribution in [1.29, 1.82) is 0 Å². The molecule has 1 aromatic carbocycles. The van der Waals surface area contributed by atoms with Gasteiger partial charge in [-0.05, 0) is 38.3 Å². The Morgan fingerprint density at radius 1 is 1.10 bits per heavy atom. The normalized spacial score (nSPS) is 10.3. The lowest BCUT2D eigenvalue weighted by Crippen LogP contribution is -2.24. The van der Waals surface area contributed by atoms with Crippen LogP contribution in [0.1, 0.15) is 31.2 Å². The molecule has 0 spiro atoms. The SMILES string of the molecule is COCCCC(=O)NCCCCOc1ccc(C)cc1. The van der Waals surface area contributed by atoms with Gasteiger partial charge in [0.2, 0.25) is 5.91 Å². The van der Waals surface area contributed by atoms with Crippen LogP contribution in [-0.4, -0.2) is 32.8 Å². The predicted octanol–water partition coefficient (Wildman–Crippen LogP) is 2.70. The van der Waals surface area contributed by atoms with Crippen LogP contribution in [0.15, 0.2) is 24.3 Å². The molecular formula is C16H25NO3. The zero-order valence-electron chi connectivity index (χ0n) is 12.5. The van der Waals surface area contributed by atoms with Crippen molar-refractivity contribution in [3.8, 4) is 5.75 Å². The average Bonchev–Trinajstić information content (AvgIpc) is 2.45. The summed E-state index contributed by atoms with van der Waals surface area (Å²) in [6, 6.07) is 8.03. The number of nitrogens with one attached hydrogen (secondary N) is 1. The summed E-state index contributed by atoms with van der Waals surface area (Å²) in [6.07, 6.45) is 3.18. The third-order valence-electron chi connectivity index (χ3n) is 2.94. The summed E-state index contributed by atoms with van der Waals surface area (Å²) in [5.74, 6) is 1.00. The van der Waals surface area contributed by atoms with E-state index in [2.05, 4.69) is 12.2 Å². The Morgan fingerprint density at radius 3 is 2.55 bits per heavy atom. The van der Waals surface area contributed by atoms with Crippen LogP contribution in [0.5, 0.6) is 5.75 Å². The van der Waals surface area contributed by atoms with E-state index in [9.17, 15) is 4.79 Å². The maximum absolute atomic E-state index is 11.4. The second-order valence-electron chi connectivity index (χ2n) is 4.81. The van der Waals surface area contributed by atoms with E-state index in [1.165, 1.54) is 5.56 Å². The van der Waals surface area contributed by atoms with Crippen molar-refractivity contribution in [2.75, 3.05) is 26.9 Å². The highest BCUT2D eigenvalue weighted by Crippen LogP contribution is 2.11.